The summed E-state index contributed by atoms with van der Waals surface area (Å²) < 4.78 is 0. The summed E-state index contributed by atoms with van der Waals surface area (Å²) in [6, 6.07) is 0. The summed E-state index contributed by atoms with van der Waals surface area (Å²) in [5.74, 6) is 0. The van der Waals surface area contributed by atoms with Crippen molar-refractivity contribution in [2.75, 3.05) is 53.4 Å². The second kappa shape index (κ2) is 5.54. The van der Waals surface area contributed by atoms with Gasteiger partial charge in [0.15, 0.2) is 0 Å². The quantitative estimate of drug-likeness (QED) is 0.581. The average Bonchev–Trinajstić information content (AvgIpc) is 2.04. The van der Waals surface area contributed by atoms with Gasteiger partial charge < -0.3 is 15.3 Å². The van der Waals surface area contributed by atoms with Crippen molar-refractivity contribution in [1.82, 2.24) is 15.1 Å². The minimum absolute atomic E-state index is 0.215. The molecule has 2 N–H and O–H groups in total. The topological polar surface area (TPSA) is 38.7 Å². The van der Waals surface area contributed by atoms with E-state index in [1.807, 2.05) is 19.0 Å². The molecule has 1 aliphatic rings. The number of nitrogens with one attached hydrogen (secondary N) is 1. The maximum Gasteiger partial charge on any atom is 0.0793 e. The molecule has 13 heavy (non-hydrogen) atoms. The smallest absolute Gasteiger partial charge is 0.0793 e. The Morgan fingerprint density at radius 3 is 2.54 bits per heavy atom. The third-order valence-corrected chi connectivity index (χ3v) is 2.25. The SMILES string of the molecule is CN(C)C[C@H](O)CN1CCNCC1. The standard InChI is InChI=1S/C9H21N3O/c1-11(2)7-9(13)8-12-5-3-10-4-6-12/h9-10,13H,3-8H2,1-2H3/t9-/m0/s1. The zero-order valence-electron chi connectivity index (χ0n) is 8.66. The highest BCUT2D eigenvalue weighted by molar-refractivity contribution is 4.71. The Bertz CT molecular complexity index is 135. The van der Waals surface area contributed by atoms with Gasteiger partial charge in [0.05, 0.1) is 6.10 Å². The van der Waals surface area contributed by atoms with Crippen LogP contribution in [0.4, 0.5) is 0 Å². The lowest BCUT2D eigenvalue weighted by molar-refractivity contribution is 0.0833. The van der Waals surface area contributed by atoms with E-state index in [0.717, 1.165) is 39.3 Å². The van der Waals surface area contributed by atoms with Crippen LogP contribution in [-0.2, 0) is 0 Å². The van der Waals surface area contributed by atoms with Crippen LogP contribution in [0.15, 0.2) is 0 Å². The summed E-state index contributed by atoms with van der Waals surface area (Å²) >= 11 is 0. The minimum atomic E-state index is -0.215. The Labute approximate surface area is 80.5 Å². The molecule has 0 aromatic rings. The first-order valence-corrected chi connectivity index (χ1v) is 4.94. The highest BCUT2D eigenvalue weighted by atomic mass is 16.3. The van der Waals surface area contributed by atoms with Crippen LogP contribution in [-0.4, -0.2) is 74.4 Å². The zero-order valence-corrected chi connectivity index (χ0v) is 8.66. The van der Waals surface area contributed by atoms with E-state index in [-0.39, 0.29) is 6.10 Å². The molecule has 0 aromatic carbocycles. The molecule has 0 bridgehead atoms. The first-order chi connectivity index (χ1) is 6.18. The summed E-state index contributed by atoms with van der Waals surface area (Å²) in [4.78, 5) is 4.33. The normalized spacial score (nSPS) is 22.2. The van der Waals surface area contributed by atoms with Crippen LogP contribution in [0.5, 0.6) is 0 Å². The van der Waals surface area contributed by atoms with Gasteiger partial charge in [-0.2, -0.15) is 0 Å². The maximum atomic E-state index is 9.67. The van der Waals surface area contributed by atoms with Crippen LogP contribution in [0.25, 0.3) is 0 Å². The summed E-state index contributed by atoms with van der Waals surface area (Å²) in [5.41, 5.74) is 0. The molecular weight excluding hydrogens is 166 g/mol. The molecule has 0 amide bonds. The molecule has 0 aromatic heterocycles. The fourth-order valence-electron chi connectivity index (χ4n) is 1.67. The molecule has 4 heteroatoms. The zero-order chi connectivity index (χ0) is 9.68. The molecule has 0 aliphatic carbocycles. The highest BCUT2D eigenvalue weighted by Crippen LogP contribution is 1.96. The predicted octanol–water partition coefficient (Wildman–Crippen LogP) is -1.19. The number of β-amino-alcohol motifs (C(OH)–C–C–N with tert-alkyl or cyclic N) is 1. The van der Waals surface area contributed by atoms with Gasteiger partial charge >= 0.3 is 0 Å². The van der Waals surface area contributed by atoms with Crippen molar-refractivity contribution < 1.29 is 5.11 Å². The number of hydrogen-bond acceptors (Lipinski definition) is 4. The summed E-state index contributed by atoms with van der Waals surface area (Å²) in [6.07, 6.45) is -0.215. The van der Waals surface area contributed by atoms with E-state index in [0.29, 0.717) is 0 Å². The van der Waals surface area contributed by atoms with Gasteiger partial charge in [-0.05, 0) is 14.1 Å². The van der Waals surface area contributed by atoms with E-state index in [1.165, 1.54) is 0 Å². The van der Waals surface area contributed by atoms with E-state index in [2.05, 4.69) is 10.2 Å². The predicted molar refractivity (Wildman–Crippen MR) is 53.9 cm³/mol. The third-order valence-electron chi connectivity index (χ3n) is 2.25. The van der Waals surface area contributed by atoms with Gasteiger partial charge in [-0.1, -0.05) is 0 Å². The van der Waals surface area contributed by atoms with Gasteiger partial charge in [0, 0.05) is 39.3 Å². The van der Waals surface area contributed by atoms with Crippen LogP contribution >= 0.6 is 0 Å². The van der Waals surface area contributed by atoms with Crippen molar-refractivity contribution in [3.63, 3.8) is 0 Å². The molecule has 1 heterocycles. The van der Waals surface area contributed by atoms with Crippen molar-refractivity contribution in [3.05, 3.63) is 0 Å². The van der Waals surface area contributed by atoms with Gasteiger partial charge in [-0.25, -0.2) is 0 Å². The molecule has 1 saturated heterocycles. The molecule has 0 saturated carbocycles. The van der Waals surface area contributed by atoms with E-state index in [9.17, 15) is 5.11 Å². The fraction of sp³-hybridized carbons (Fsp3) is 1.00. The number of hydrogen-bond donors (Lipinski definition) is 2. The summed E-state index contributed by atoms with van der Waals surface area (Å²) in [5, 5.41) is 13.0. The van der Waals surface area contributed by atoms with Crippen LogP contribution in [0.1, 0.15) is 0 Å². The Balaban J connectivity index is 2.14. The van der Waals surface area contributed by atoms with E-state index in [4.69, 9.17) is 0 Å². The lowest BCUT2D eigenvalue weighted by Gasteiger charge is -2.29. The van der Waals surface area contributed by atoms with Crippen molar-refractivity contribution in [1.29, 1.82) is 0 Å². The number of piperazine rings is 1. The lowest BCUT2D eigenvalue weighted by atomic mass is 10.2. The number of nitrogens with zero attached hydrogens (tertiary/aromatic N) is 2. The number of aliphatic hydroxyl groups excluding tert-OH is 1. The highest BCUT2D eigenvalue weighted by Gasteiger charge is 2.14. The van der Waals surface area contributed by atoms with Gasteiger partial charge in [-0.15, -0.1) is 0 Å². The molecule has 1 atom stereocenters. The summed E-state index contributed by atoms with van der Waals surface area (Å²) in [6.45, 7) is 5.78. The third kappa shape index (κ3) is 4.57. The largest absolute Gasteiger partial charge is 0.390 e. The maximum absolute atomic E-state index is 9.67. The number of likely N-dealkylation sites (N-methyl/N-ethyl adjacent to an activating group) is 1. The number of aliphatic hydroxyl groups is 1. The van der Waals surface area contributed by atoms with Gasteiger partial charge in [-0.3, -0.25) is 4.90 Å². The van der Waals surface area contributed by atoms with Crippen molar-refractivity contribution >= 4 is 0 Å². The van der Waals surface area contributed by atoms with Crippen molar-refractivity contribution in [2.45, 2.75) is 6.10 Å². The first-order valence-electron chi connectivity index (χ1n) is 4.94. The summed E-state index contributed by atoms with van der Waals surface area (Å²) in [7, 11) is 3.97. The molecule has 1 aliphatic heterocycles. The van der Waals surface area contributed by atoms with Crippen LogP contribution < -0.4 is 5.32 Å². The lowest BCUT2D eigenvalue weighted by Crippen LogP contribution is -2.47. The van der Waals surface area contributed by atoms with Crippen molar-refractivity contribution in [3.8, 4) is 0 Å². The molecule has 78 valence electrons. The van der Waals surface area contributed by atoms with Crippen LogP contribution in [0.3, 0.4) is 0 Å². The number of rotatable bonds is 4. The second-order valence-corrected chi connectivity index (χ2v) is 3.97. The van der Waals surface area contributed by atoms with E-state index >= 15 is 0 Å². The average molecular weight is 187 g/mol. The molecule has 0 radical (unpaired) electrons. The van der Waals surface area contributed by atoms with Gasteiger partial charge in [0.1, 0.15) is 0 Å². The Morgan fingerprint density at radius 1 is 1.38 bits per heavy atom. The molecule has 0 spiro atoms. The Hall–Kier alpha value is -0.160. The minimum Gasteiger partial charge on any atom is -0.390 e. The van der Waals surface area contributed by atoms with Gasteiger partial charge in [0.25, 0.3) is 0 Å². The fourth-order valence-corrected chi connectivity index (χ4v) is 1.67. The molecule has 0 unspecified atom stereocenters. The van der Waals surface area contributed by atoms with Crippen LogP contribution in [0.2, 0.25) is 0 Å². The monoisotopic (exact) mass is 187 g/mol. The van der Waals surface area contributed by atoms with Crippen LogP contribution in [0, 0.1) is 0 Å². The first kappa shape index (κ1) is 10.9. The van der Waals surface area contributed by atoms with Gasteiger partial charge in [0.2, 0.25) is 0 Å². The molecular formula is C9H21N3O. The Morgan fingerprint density at radius 2 is 2.00 bits per heavy atom. The van der Waals surface area contributed by atoms with E-state index in [1.54, 1.807) is 0 Å². The van der Waals surface area contributed by atoms with Crippen molar-refractivity contribution in [2.24, 2.45) is 0 Å². The van der Waals surface area contributed by atoms with E-state index < -0.39 is 0 Å². The molecule has 1 fully saturated rings. The molecule has 4 nitrogen and oxygen atoms in total. The second-order valence-electron chi connectivity index (χ2n) is 3.97. The molecule has 1 rings (SSSR count). The Kier molecular flexibility index (Phi) is 4.66.